The summed E-state index contributed by atoms with van der Waals surface area (Å²) in [4.78, 5) is 23.0. The van der Waals surface area contributed by atoms with E-state index in [1.165, 1.54) is 0 Å². The fraction of sp³-hybridized carbons (Fsp3) is 0.400. The van der Waals surface area contributed by atoms with Crippen molar-refractivity contribution in [3.8, 4) is 17.0 Å². The zero-order chi connectivity index (χ0) is 22.4. The van der Waals surface area contributed by atoms with Gasteiger partial charge in [-0.2, -0.15) is 0 Å². The van der Waals surface area contributed by atoms with Gasteiger partial charge in [0.1, 0.15) is 22.9 Å². The highest BCUT2D eigenvalue weighted by atomic mass is 16.5. The summed E-state index contributed by atoms with van der Waals surface area (Å²) in [7, 11) is 1.65. The van der Waals surface area contributed by atoms with Crippen LogP contribution in [0.25, 0.3) is 21.7 Å². The summed E-state index contributed by atoms with van der Waals surface area (Å²) in [5.41, 5.74) is 4.58. The van der Waals surface area contributed by atoms with E-state index >= 15 is 0 Å². The molecule has 6 nitrogen and oxygen atoms in total. The number of amides is 1. The Kier molecular flexibility index (Phi) is 7.30. The van der Waals surface area contributed by atoms with Gasteiger partial charge in [-0.3, -0.25) is 14.1 Å². The van der Waals surface area contributed by atoms with Crippen molar-refractivity contribution in [2.45, 2.75) is 46.5 Å². The fourth-order valence-corrected chi connectivity index (χ4v) is 4.01. The molecular formula is C25H30N4O2. The van der Waals surface area contributed by atoms with Crippen molar-refractivity contribution < 1.29 is 9.53 Å². The first kappa shape index (κ1) is 22.4. The Morgan fingerprint density at radius 2 is 1.90 bits per heavy atom. The van der Waals surface area contributed by atoms with Gasteiger partial charge in [0.15, 0.2) is 0 Å². The van der Waals surface area contributed by atoms with Crippen molar-refractivity contribution in [1.82, 2.24) is 9.38 Å². The van der Waals surface area contributed by atoms with Crippen LogP contribution in [-0.2, 0) is 4.79 Å². The lowest BCUT2D eigenvalue weighted by molar-refractivity contribution is -0.116. The number of unbranched alkanes of at least 4 members (excludes halogenated alkanes) is 3. The molecule has 0 radical (unpaired) electrons. The van der Waals surface area contributed by atoms with E-state index < -0.39 is 0 Å². The number of aryl methyl sites for hydroxylation is 2. The number of benzene rings is 1. The Morgan fingerprint density at radius 1 is 1.16 bits per heavy atom. The largest absolute Gasteiger partial charge is 0.496 e. The Morgan fingerprint density at radius 3 is 2.61 bits per heavy atom. The summed E-state index contributed by atoms with van der Waals surface area (Å²) in [6, 6.07) is 11.9. The summed E-state index contributed by atoms with van der Waals surface area (Å²) >= 11 is 0. The highest BCUT2D eigenvalue weighted by Gasteiger charge is 2.25. The van der Waals surface area contributed by atoms with Crippen molar-refractivity contribution in [2.75, 3.05) is 25.1 Å². The number of carbonyl (C=O) groups is 1. The highest BCUT2D eigenvalue weighted by Crippen LogP contribution is 2.38. The van der Waals surface area contributed by atoms with E-state index in [0.717, 1.165) is 65.4 Å². The van der Waals surface area contributed by atoms with Crippen LogP contribution in [0.4, 0.5) is 5.82 Å². The monoisotopic (exact) mass is 418 g/mol. The molecular weight excluding hydrogens is 388 g/mol. The van der Waals surface area contributed by atoms with E-state index in [-0.39, 0.29) is 5.91 Å². The number of ether oxygens (including phenoxy) is 1. The number of rotatable bonds is 9. The maximum atomic E-state index is 12.8. The van der Waals surface area contributed by atoms with E-state index in [1.54, 1.807) is 14.0 Å². The van der Waals surface area contributed by atoms with Crippen LogP contribution >= 0.6 is 0 Å². The maximum absolute atomic E-state index is 12.8. The number of imidazole rings is 1. The molecule has 0 N–H and O–H groups in total. The van der Waals surface area contributed by atoms with E-state index in [9.17, 15) is 4.79 Å². The SMILES string of the molecule is [C-]#[N+]CCCCCCN(C(C)=O)c1c(-c2ccccc2OC)nc2cc(C)cc(C)n12. The van der Waals surface area contributed by atoms with Gasteiger partial charge in [0.25, 0.3) is 0 Å². The quantitative estimate of drug-likeness (QED) is 0.342. The molecule has 0 aliphatic heterocycles. The summed E-state index contributed by atoms with van der Waals surface area (Å²) < 4.78 is 7.67. The predicted octanol–water partition coefficient (Wildman–Crippen LogP) is 5.46. The first-order valence-electron chi connectivity index (χ1n) is 10.7. The van der Waals surface area contributed by atoms with Gasteiger partial charge in [-0.15, -0.1) is 0 Å². The first-order valence-corrected chi connectivity index (χ1v) is 10.7. The third kappa shape index (κ3) is 4.88. The van der Waals surface area contributed by atoms with Crippen LogP contribution in [0.1, 0.15) is 43.9 Å². The number of hydrogen-bond acceptors (Lipinski definition) is 3. The summed E-state index contributed by atoms with van der Waals surface area (Å²) in [6.45, 7) is 13.8. The van der Waals surface area contributed by atoms with Gasteiger partial charge < -0.3 is 9.58 Å². The van der Waals surface area contributed by atoms with Gasteiger partial charge in [0.05, 0.1) is 7.11 Å². The average molecular weight is 419 g/mol. The number of methoxy groups -OCH3 is 1. The molecule has 0 aliphatic carbocycles. The molecule has 1 amide bonds. The molecule has 0 aliphatic rings. The third-order valence-electron chi connectivity index (χ3n) is 5.42. The predicted molar refractivity (Wildman–Crippen MR) is 125 cm³/mol. The van der Waals surface area contributed by atoms with Crippen molar-refractivity contribution >= 4 is 17.4 Å². The minimum Gasteiger partial charge on any atom is -0.496 e. The molecule has 0 atom stereocenters. The van der Waals surface area contributed by atoms with E-state index in [0.29, 0.717) is 13.1 Å². The van der Waals surface area contributed by atoms with E-state index in [1.807, 2.05) is 42.2 Å². The van der Waals surface area contributed by atoms with Crippen molar-refractivity contribution in [1.29, 1.82) is 0 Å². The van der Waals surface area contributed by atoms with E-state index in [2.05, 4.69) is 22.2 Å². The summed E-state index contributed by atoms with van der Waals surface area (Å²) in [5, 5.41) is 0. The van der Waals surface area contributed by atoms with Gasteiger partial charge in [-0.05, 0) is 56.5 Å². The lowest BCUT2D eigenvalue weighted by Crippen LogP contribution is -2.31. The lowest BCUT2D eigenvalue weighted by Gasteiger charge is -2.23. The molecule has 0 bridgehead atoms. The number of pyridine rings is 1. The lowest BCUT2D eigenvalue weighted by atomic mass is 10.1. The number of carbonyl (C=O) groups excluding carboxylic acids is 1. The standard InChI is InChI=1S/C25H30N4O2/c1-18-16-19(2)29-23(17-18)27-24(21-12-8-9-13-22(21)31-5)25(29)28(20(3)30)15-11-7-6-10-14-26-4/h8-9,12-13,16-17H,6-7,10-11,14-15H2,1-3,5H3. The number of aromatic nitrogens is 2. The second kappa shape index (κ2) is 10.1. The topological polar surface area (TPSA) is 51.2 Å². The first-order chi connectivity index (χ1) is 15.0. The Balaban J connectivity index is 2.09. The molecule has 0 fully saturated rings. The summed E-state index contributed by atoms with van der Waals surface area (Å²) in [5.74, 6) is 1.49. The minimum atomic E-state index is -0.0147. The van der Waals surface area contributed by atoms with Gasteiger partial charge in [-0.25, -0.2) is 11.6 Å². The molecule has 3 aromatic rings. The van der Waals surface area contributed by atoms with Crippen LogP contribution in [-0.4, -0.2) is 35.5 Å². The number of nitrogens with zero attached hydrogens (tertiary/aromatic N) is 4. The highest BCUT2D eigenvalue weighted by molar-refractivity contribution is 5.96. The zero-order valence-corrected chi connectivity index (χ0v) is 18.8. The third-order valence-corrected chi connectivity index (χ3v) is 5.42. The Hall–Kier alpha value is -3.33. The van der Waals surface area contributed by atoms with Crippen LogP contribution in [0.2, 0.25) is 0 Å². The van der Waals surface area contributed by atoms with Crippen LogP contribution in [0, 0.1) is 20.4 Å². The smallest absolute Gasteiger partial charge is 0.225 e. The molecule has 2 heterocycles. The fourth-order valence-electron chi connectivity index (χ4n) is 4.01. The molecule has 0 saturated heterocycles. The van der Waals surface area contributed by atoms with Crippen LogP contribution < -0.4 is 9.64 Å². The minimum absolute atomic E-state index is 0.0147. The molecule has 1 aromatic carbocycles. The number of para-hydroxylation sites is 1. The number of hydrogen-bond donors (Lipinski definition) is 0. The molecule has 31 heavy (non-hydrogen) atoms. The number of fused-ring (bicyclic) bond motifs is 1. The van der Waals surface area contributed by atoms with Crippen LogP contribution in [0.3, 0.4) is 0 Å². The number of anilines is 1. The maximum Gasteiger partial charge on any atom is 0.225 e. The second-order valence-electron chi connectivity index (χ2n) is 7.82. The van der Waals surface area contributed by atoms with Crippen molar-refractivity contribution in [3.05, 3.63) is 59.1 Å². The van der Waals surface area contributed by atoms with Crippen LogP contribution in [0.5, 0.6) is 5.75 Å². The second-order valence-corrected chi connectivity index (χ2v) is 7.82. The molecule has 6 heteroatoms. The normalized spacial score (nSPS) is 10.8. The molecule has 0 unspecified atom stereocenters. The molecule has 0 spiro atoms. The van der Waals surface area contributed by atoms with Gasteiger partial charge in [-0.1, -0.05) is 18.6 Å². The summed E-state index contributed by atoms with van der Waals surface area (Å²) in [6.07, 6.45) is 3.77. The molecule has 162 valence electrons. The molecule has 2 aromatic heterocycles. The average Bonchev–Trinajstić information content (AvgIpc) is 3.11. The van der Waals surface area contributed by atoms with Crippen molar-refractivity contribution in [3.63, 3.8) is 0 Å². The Bertz CT molecular complexity index is 1110. The molecule has 3 rings (SSSR count). The van der Waals surface area contributed by atoms with E-state index in [4.69, 9.17) is 16.3 Å². The van der Waals surface area contributed by atoms with Gasteiger partial charge >= 0.3 is 0 Å². The Labute approximate surface area is 184 Å². The zero-order valence-electron chi connectivity index (χ0n) is 18.8. The van der Waals surface area contributed by atoms with Gasteiger partial charge in [0, 0.05) is 31.1 Å². The van der Waals surface area contributed by atoms with Gasteiger partial charge in [0.2, 0.25) is 12.5 Å². The van der Waals surface area contributed by atoms with Crippen LogP contribution in [0.15, 0.2) is 36.4 Å². The molecule has 0 saturated carbocycles. The van der Waals surface area contributed by atoms with Crippen molar-refractivity contribution in [2.24, 2.45) is 0 Å².